The van der Waals surface area contributed by atoms with Gasteiger partial charge in [-0.25, -0.2) is 5.01 Å². The third kappa shape index (κ3) is 5.85. The first-order valence-electron chi connectivity index (χ1n) is 10.9. The maximum absolute atomic E-state index is 13.8. The first-order valence-corrected chi connectivity index (χ1v) is 12.7. The number of nitrogens with zero attached hydrogens (tertiary/aromatic N) is 3. The Balaban J connectivity index is 1.98. The minimum atomic E-state index is -4.44. The summed E-state index contributed by atoms with van der Waals surface area (Å²) >= 11 is 2.80. The summed E-state index contributed by atoms with van der Waals surface area (Å²) in [5.74, 6) is 0.753. The second kappa shape index (κ2) is 9.86. The number of benzene rings is 1. The van der Waals surface area contributed by atoms with E-state index in [2.05, 4.69) is 25.9 Å². The Morgan fingerprint density at radius 3 is 2.45 bits per heavy atom. The van der Waals surface area contributed by atoms with E-state index in [1.54, 1.807) is 17.8 Å². The second-order valence-corrected chi connectivity index (χ2v) is 11.7. The van der Waals surface area contributed by atoms with Gasteiger partial charge in [-0.1, -0.05) is 49.9 Å². The van der Waals surface area contributed by atoms with E-state index in [1.807, 2.05) is 31.9 Å². The number of rotatable bonds is 6. The van der Waals surface area contributed by atoms with E-state index in [0.29, 0.717) is 24.2 Å². The lowest BCUT2D eigenvalue weighted by Crippen LogP contribution is -2.28. The normalized spacial score (nSPS) is 22.3. The molecule has 0 spiro atoms. The second-order valence-electron chi connectivity index (χ2n) is 9.66. The number of hydrazone groups is 1. The van der Waals surface area contributed by atoms with Gasteiger partial charge in [0.05, 0.1) is 22.3 Å². The SMILES string of the molecule is C/C=C1\SC(C(C)(C)C)=NN1C(=C(C)C)c1ccc(C(F)(F)F)c(SCC2CC(N=O)C2)c1. The highest BCUT2D eigenvalue weighted by molar-refractivity contribution is 8.17. The van der Waals surface area contributed by atoms with E-state index in [0.717, 1.165) is 21.3 Å². The molecule has 0 bridgehead atoms. The van der Waals surface area contributed by atoms with E-state index in [-0.39, 0.29) is 22.3 Å². The molecule has 0 unspecified atom stereocenters. The van der Waals surface area contributed by atoms with Crippen LogP contribution >= 0.6 is 23.5 Å². The molecule has 9 heteroatoms. The van der Waals surface area contributed by atoms with Gasteiger partial charge in [0.1, 0.15) is 5.04 Å². The van der Waals surface area contributed by atoms with E-state index < -0.39 is 11.7 Å². The summed E-state index contributed by atoms with van der Waals surface area (Å²) in [6, 6.07) is 4.15. The van der Waals surface area contributed by atoms with Crippen LogP contribution in [-0.4, -0.2) is 21.8 Å². The van der Waals surface area contributed by atoms with Crippen LogP contribution in [0.5, 0.6) is 0 Å². The lowest BCUT2D eigenvalue weighted by atomic mass is 9.82. The van der Waals surface area contributed by atoms with Crippen molar-refractivity contribution in [3.8, 4) is 0 Å². The zero-order valence-electron chi connectivity index (χ0n) is 19.8. The number of allylic oxidation sites excluding steroid dienone is 2. The maximum Gasteiger partial charge on any atom is 0.417 e. The Morgan fingerprint density at radius 1 is 1.27 bits per heavy atom. The maximum atomic E-state index is 13.8. The molecule has 180 valence electrons. The average Bonchev–Trinajstić information content (AvgIpc) is 3.10. The predicted molar refractivity (Wildman–Crippen MR) is 133 cm³/mol. The summed E-state index contributed by atoms with van der Waals surface area (Å²) in [6.45, 7) is 12.1. The lowest BCUT2D eigenvalue weighted by Gasteiger charge is -2.30. The van der Waals surface area contributed by atoms with Crippen molar-refractivity contribution >= 4 is 34.3 Å². The van der Waals surface area contributed by atoms with Crippen molar-refractivity contribution in [3.63, 3.8) is 0 Å². The first kappa shape index (κ1) is 25.9. The van der Waals surface area contributed by atoms with Crippen LogP contribution in [0.1, 0.15) is 65.5 Å². The van der Waals surface area contributed by atoms with Gasteiger partial charge in [-0.05, 0) is 57.2 Å². The molecule has 0 saturated heterocycles. The van der Waals surface area contributed by atoms with Crippen molar-refractivity contribution in [2.45, 2.75) is 71.5 Å². The minimum Gasteiger partial charge on any atom is -0.226 e. The molecular formula is C24H30F3N3OS2. The van der Waals surface area contributed by atoms with Crippen molar-refractivity contribution in [3.05, 3.63) is 50.9 Å². The lowest BCUT2D eigenvalue weighted by molar-refractivity contribution is -0.139. The fourth-order valence-corrected chi connectivity index (χ4v) is 5.92. The van der Waals surface area contributed by atoms with Gasteiger partial charge >= 0.3 is 6.18 Å². The van der Waals surface area contributed by atoms with E-state index in [1.165, 1.54) is 23.9 Å². The molecule has 4 nitrogen and oxygen atoms in total. The Kier molecular flexibility index (Phi) is 7.73. The first-order chi connectivity index (χ1) is 15.3. The summed E-state index contributed by atoms with van der Waals surface area (Å²) in [5.41, 5.74) is 1.68. The number of hydrogen-bond acceptors (Lipinski definition) is 6. The monoisotopic (exact) mass is 497 g/mol. The zero-order valence-corrected chi connectivity index (χ0v) is 21.4. The predicted octanol–water partition coefficient (Wildman–Crippen LogP) is 8.36. The molecule has 1 aliphatic carbocycles. The molecule has 0 aromatic heterocycles. The minimum absolute atomic E-state index is 0.140. The fourth-order valence-electron chi connectivity index (χ4n) is 3.72. The molecule has 33 heavy (non-hydrogen) atoms. The molecule has 1 fully saturated rings. The highest BCUT2D eigenvalue weighted by atomic mass is 32.2. The van der Waals surface area contributed by atoms with Gasteiger partial charge in [-0.3, -0.25) is 0 Å². The number of thioether (sulfide) groups is 2. The molecule has 1 aliphatic heterocycles. The van der Waals surface area contributed by atoms with Crippen LogP contribution in [0.25, 0.3) is 5.70 Å². The van der Waals surface area contributed by atoms with Crippen LogP contribution < -0.4 is 0 Å². The number of hydrogen-bond donors (Lipinski definition) is 0. The summed E-state index contributed by atoms with van der Waals surface area (Å²) in [6.07, 6.45) is -1.16. The molecule has 0 radical (unpaired) electrons. The van der Waals surface area contributed by atoms with Gasteiger partial charge in [0.2, 0.25) is 0 Å². The van der Waals surface area contributed by atoms with Gasteiger partial charge in [0, 0.05) is 21.6 Å². The van der Waals surface area contributed by atoms with Gasteiger partial charge in [0.15, 0.2) is 0 Å². The van der Waals surface area contributed by atoms with Crippen LogP contribution in [0.2, 0.25) is 0 Å². The molecule has 1 heterocycles. The number of alkyl halides is 3. The standard InChI is InChI=1S/C24H30F3N3OS2/c1-7-20-30(28-22(33-20)23(4,5)6)21(14(2)3)16-8-9-18(24(25,26)27)19(12-16)32-13-15-10-17(11-15)29-31/h7-9,12,15,17H,10-11,13H2,1-6H3/b20-7-. The van der Waals surface area contributed by atoms with Gasteiger partial charge in [0.25, 0.3) is 0 Å². The summed E-state index contributed by atoms with van der Waals surface area (Å²) in [7, 11) is 0. The molecule has 3 rings (SSSR count). The van der Waals surface area contributed by atoms with Crippen molar-refractivity contribution in [1.82, 2.24) is 5.01 Å². The number of halogens is 3. The molecule has 0 atom stereocenters. The van der Waals surface area contributed by atoms with Gasteiger partial charge in [-0.15, -0.1) is 11.8 Å². The molecule has 1 aromatic carbocycles. The fraction of sp³-hybridized carbons (Fsp3) is 0.542. The Bertz CT molecular complexity index is 999. The summed E-state index contributed by atoms with van der Waals surface area (Å²) in [4.78, 5) is 10.8. The van der Waals surface area contributed by atoms with Gasteiger partial charge < -0.3 is 0 Å². The van der Waals surface area contributed by atoms with Crippen LogP contribution in [0.4, 0.5) is 13.2 Å². The quantitative estimate of drug-likeness (QED) is 0.293. The summed E-state index contributed by atoms with van der Waals surface area (Å²) in [5, 5.41) is 11.6. The van der Waals surface area contributed by atoms with Gasteiger partial charge in [-0.2, -0.15) is 23.2 Å². The molecule has 2 aliphatic rings. The Hall–Kier alpha value is -1.74. The van der Waals surface area contributed by atoms with Crippen LogP contribution in [0.3, 0.4) is 0 Å². The average molecular weight is 498 g/mol. The van der Waals surface area contributed by atoms with E-state index in [4.69, 9.17) is 5.10 Å². The number of nitroso groups, excluding NO2 is 1. The topological polar surface area (TPSA) is 45.0 Å². The van der Waals surface area contributed by atoms with Crippen molar-refractivity contribution in [2.75, 3.05) is 5.75 Å². The third-order valence-electron chi connectivity index (χ3n) is 5.57. The van der Waals surface area contributed by atoms with Crippen LogP contribution in [-0.2, 0) is 6.18 Å². The molecule has 0 N–H and O–H groups in total. The zero-order chi connectivity index (χ0) is 24.6. The molecule has 1 saturated carbocycles. The van der Waals surface area contributed by atoms with Crippen molar-refractivity contribution in [2.24, 2.45) is 21.6 Å². The largest absolute Gasteiger partial charge is 0.417 e. The van der Waals surface area contributed by atoms with Crippen LogP contribution in [0, 0.1) is 16.2 Å². The highest BCUT2D eigenvalue weighted by Crippen LogP contribution is 2.45. The van der Waals surface area contributed by atoms with Crippen molar-refractivity contribution < 1.29 is 13.2 Å². The smallest absolute Gasteiger partial charge is 0.226 e. The molecular weight excluding hydrogens is 467 g/mol. The Morgan fingerprint density at radius 2 is 1.94 bits per heavy atom. The summed E-state index contributed by atoms with van der Waals surface area (Å²) < 4.78 is 41.3. The van der Waals surface area contributed by atoms with Crippen LogP contribution in [0.15, 0.2) is 50.1 Å². The van der Waals surface area contributed by atoms with E-state index >= 15 is 0 Å². The molecule has 1 aromatic rings. The Labute approximate surface area is 202 Å². The highest BCUT2D eigenvalue weighted by Gasteiger charge is 2.36. The van der Waals surface area contributed by atoms with E-state index in [9.17, 15) is 18.1 Å². The van der Waals surface area contributed by atoms with Crippen molar-refractivity contribution in [1.29, 1.82) is 0 Å². The molecule has 0 amide bonds. The third-order valence-corrected chi connectivity index (χ3v) is 8.36.